The second kappa shape index (κ2) is 8.40. The number of nitrogens with zero attached hydrogens (tertiary/aromatic N) is 2. The fourth-order valence-corrected chi connectivity index (χ4v) is 5.01. The predicted octanol–water partition coefficient (Wildman–Crippen LogP) is 5.64. The summed E-state index contributed by atoms with van der Waals surface area (Å²) >= 11 is 0. The minimum absolute atomic E-state index is 0.109. The second-order valence-electron chi connectivity index (χ2n) is 9.22. The molecular formula is C29H25FN2O3. The van der Waals surface area contributed by atoms with Crippen molar-refractivity contribution in [2.75, 3.05) is 13.3 Å². The lowest BCUT2D eigenvalue weighted by atomic mass is 9.99. The van der Waals surface area contributed by atoms with E-state index in [4.69, 9.17) is 9.47 Å². The molecule has 6 rings (SSSR count). The summed E-state index contributed by atoms with van der Waals surface area (Å²) < 4.78 is 27.4. The van der Waals surface area contributed by atoms with Gasteiger partial charge < -0.3 is 14.0 Å². The van der Waals surface area contributed by atoms with Gasteiger partial charge in [-0.2, -0.15) is 0 Å². The lowest BCUT2D eigenvalue weighted by Crippen LogP contribution is -2.34. The summed E-state index contributed by atoms with van der Waals surface area (Å²) in [5, 5.41) is 1.08. The van der Waals surface area contributed by atoms with Crippen molar-refractivity contribution in [1.82, 2.24) is 9.47 Å². The van der Waals surface area contributed by atoms with Gasteiger partial charge in [-0.05, 0) is 49.2 Å². The van der Waals surface area contributed by atoms with Crippen LogP contribution in [-0.4, -0.2) is 28.5 Å². The summed E-state index contributed by atoms with van der Waals surface area (Å²) in [6.07, 6.45) is 4.64. The number of fused-ring (bicyclic) bond motifs is 3. The number of ether oxygens (including phenoxy) is 2. The zero-order chi connectivity index (χ0) is 24.1. The quantitative estimate of drug-likeness (QED) is 0.364. The Morgan fingerprint density at radius 1 is 1.09 bits per heavy atom. The highest BCUT2D eigenvalue weighted by molar-refractivity contribution is 6.15. The van der Waals surface area contributed by atoms with Crippen LogP contribution in [0.15, 0.2) is 66.6 Å². The molecule has 0 aliphatic carbocycles. The summed E-state index contributed by atoms with van der Waals surface area (Å²) in [5.74, 6) is 1.37. The van der Waals surface area contributed by atoms with Gasteiger partial charge in [-0.15, -0.1) is 0 Å². The monoisotopic (exact) mass is 468 g/mol. The van der Waals surface area contributed by atoms with Gasteiger partial charge in [-0.3, -0.25) is 9.69 Å². The van der Waals surface area contributed by atoms with E-state index >= 15 is 0 Å². The molecule has 0 unspecified atom stereocenters. The number of aromatic nitrogens is 1. The molecule has 5 nitrogen and oxygen atoms in total. The molecule has 2 aliphatic heterocycles. The fourth-order valence-electron chi connectivity index (χ4n) is 5.01. The van der Waals surface area contributed by atoms with E-state index in [0.29, 0.717) is 30.3 Å². The van der Waals surface area contributed by atoms with Crippen molar-refractivity contribution in [1.29, 1.82) is 0 Å². The van der Waals surface area contributed by atoms with Crippen LogP contribution in [0.5, 0.6) is 11.5 Å². The molecule has 0 spiro atoms. The molecule has 0 bridgehead atoms. The van der Waals surface area contributed by atoms with Gasteiger partial charge in [-0.1, -0.05) is 30.3 Å². The first-order valence-corrected chi connectivity index (χ1v) is 11.7. The van der Waals surface area contributed by atoms with Crippen molar-refractivity contribution in [2.24, 2.45) is 7.05 Å². The third-order valence-electron chi connectivity index (χ3n) is 6.85. The Kier molecular flexibility index (Phi) is 5.19. The number of hydrogen-bond acceptors (Lipinski definition) is 4. The van der Waals surface area contributed by atoms with E-state index in [1.54, 1.807) is 0 Å². The Morgan fingerprint density at radius 2 is 1.89 bits per heavy atom. The van der Waals surface area contributed by atoms with Gasteiger partial charge in [0.2, 0.25) is 5.78 Å². The predicted molar refractivity (Wildman–Crippen MR) is 133 cm³/mol. The van der Waals surface area contributed by atoms with Crippen LogP contribution >= 0.6 is 0 Å². The number of carbonyl (C=O) groups excluding carboxylic acids is 1. The smallest absolute Gasteiger partial charge is 0.231 e. The highest BCUT2D eigenvalue weighted by atomic mass is 19.1. The van der Waals surface area contributed by atoms with Crippen LogP contribution in [0, 0.1) is 12.7 Å². The van der Waals surface area contributed by atoms with Crippen molar-refractivity contribution in [3.63, 3.8) is 0 Å². The van der Waals surface area contributed by atoms with Crippen molar-refractivity contribution in [3.05, 3.63) is 100 Å². The maximum Gasteiger partial charge on any atom is 0.231 e. The fraction of sp³-hybridized carbons (Fsp3) is 0.207. The van der Waals surface area contributed by atoms with Crippen LogP contribution in [0.4, 0.5) is 4.39 Å². The van der Waals surface area contributed by atoms with Crippen LogP contribution in [0.2, 0.25) is 0 Å². The first-order chi connectivity index (χ1) is 17.0. The first kappa shape index (κ1) is 21.6. The lowest BCUT2D eigenvalue weighted by molar-refractivity contribution is 0.0954. The summed E-state index contributed by atoms with van der Waals surface area (Å²) in [7, 11) is 1.99. The van der Waals surface area contributed by atoms with E-state index in [1.807, 2.05) is 67.2 Å². The molecular weight excluding hydrogens is 443 g/mol. The molecule has 0 fully saturated rings. The maximum atomic E-state index is 13.3. The van der Waals surface area contributed by atoms with Gasteiger partial charge >= 0.3 is 0 Å². The molecule has 1 aromatic heterocycles. The maximum absolute atomic E-state index is 13.3. The highest BCUT2D eigenvalue weighted by Gasteiger charge is 2.33. The van der Waals surface area contributed by atoms with E-state index in [0.717, 1.165) is 51.9 Å². The highest BCUT2D eigenvalue weighted by Crippen LogP contribution is 2.43. The molecule has 4 aromatic rings. The Hall–Kier alpha value is -3.90. The van der Waals surface area contributed by atoms with Crippen LogP contribution in [-0.2, 0) is 20.0 Å². The molecule has 0 saturated heterocycles. The third-order valence-corrected chi connectivity index (χ3v) is 6.85. The summed E-state index contributed by atoms with van der Waals surface area (Å²) in [6.45, 7) is 3.86. The molecule has 0 amide bonds. The second-order valence-corrected chi connectivity index (χ2v) is 9.22. The summed E-state index contributed by atoms with van der Waals surface area (Å²) in [4.78, 5) is 15.5. The molecule has 0 radical (unpaired) electrons. The molecule has 2 aliphatic rings. The van der Waals surface area contributed by atoms with Gasteiger partial charge in [0, 0.05) is 53.9 Å². The Labute approximate surface area is 203 Å². The summed E-state index contributed by atoms with van der Waals surface area (Å²) in [6, 6.07) is 16.6. The van der Waals surface area contributed by atoms with Crippen molar-refractivity contribution in [3.8, 4) is 11.5 Å². The number of ketones is 1. The number of allylic oxidation sites excluding steroid dienone is 1. The number of hydrogen-bond donors (Lipinski definition) is 0. The molecule has 0 atom stereocenters. The molecule has 0 N–H and O–H groups in total. The number of benzene rings is 3. The van der Waals surface area contributed by atoms with Crippen LogP contribution in [0.3, 0.4) is 0 Å². The average Bonchev–Trinajstić information content (AvgIpc) is 3.35. The van der Waals surface area contributed by atoms with Gasteiger partial charge in [-0.25, -0.2) is 4.39 Å². The Balaban J connectivity index is 1.25. The van der Waals surface area contributed by atoms with Crippen LogP contribution in [0.25, 0.3) is 17.0 Å². The van der Waals surface area contributed by atoms with Crippen LogP contribution < -0.4 is 9.47 Å². The Morgan fingerprint density at radius 3 is 2.71 bits per heavy atom. The van der Waals surface area contributed by atoms with E-state index < -0.39 is 0 Å². The summed E-state index contributed by atoms with van der Waals surface area (Å²) in [5.41, 5.74) is 5.54. The third kappa shape index (κ3) is 3.80. The standard InChI is InChI=1S/C29H25FN2O3/c1-18-28-21(16-32(17-34-28)12-11-19-7-9-22(30)10-8-19)13-24-27(33)26(35-29(18)24)14-20-15-31(2)25-6-4-3-5-23(20)25/h3-10,13-15H,11-12,16-17H2,1-2H3/b26-14-. The molecule has 3 heterocycles. The van der Waals surface area contributed by atoms with Gasteiger partial charge in [0.15, 0.2) is 5.76 Å². The van der Waals surface area contributed by atoms with Gasteiger partial charge in [0.05, 0.1) is 5.56 Å². The number of carbonyl (C=O) groups is 1. The zero-order valence-electron chi connectivity index (χ0n) is 19.7. The number of rotatable bonds is 4. The van der Waals surface area contributed by atoms with Gasteiger partial charge in [0.1, 0.15) is 24.0 Å². The average molecular weight is 469 g/mol. The molecule has 3 aromatic carbocycles. The van der Waals surface area contributed by atoms with Crippen molar-refractivity contribution in [2.45, 2.75) is 19.9 Å². The number of para-hydroxylation sites is 1. The van der Waals surface area contributed by atoms with E-state index in [9.17, 15) is 9.18 Å². The van der Waals surface area contributed by atoms with Gasteiger partial charge in [0.25, 0.3) is 0 Å². The lowest BCUT2D eigenvalue weighted by Gasteiger charge is -2.30. The number of Topliss-reactive ketones (excluding diaryl/α,β-unsaturated/α-hetero) is 1. The minimum atomic E-state index is -0.228. The van der Waals surface area contributed by atoms with Crippen molar-refractivity contribution >= 4 is 22.8 Å². The normalized spacial score (nSPS) is 16.3. The van der Waals surface area contributed by atoms with E-state index in [2.05, 4.69) is 11.0 Å². The molecule has 35 heavy (non-hydrogen) atoms. The SMILES string of the molecule is Cc1c2c(cc3c1O/C(=C\c1cn(C)c4ccccc14)C3=O)CN(CCc1ccc(F)cc1)CO2. The molecule has 6 heteroatoms. The molecule has 176 valence electrons. The number of aryl methyl sites for hydroxylation is 1. The van der Waals surface area contributed by atoms with Crippen molar-refractivity contribution < 1.29 is 18.7 Å². The first-order valence-electron chi connectivity index (χ1n) is 11.7. The van der Waals surface area contributed by atoms with E-state index in [1.165, 1.54) is 12.1 Å². The van der Waals surface area contributed by atoms with Crippen LogP contribution in [0.1, 0.15) is 32.6 Å². The zero-order valence-corrected chi connectivity index (χ0v) is 19.7. The van der Waals surface area contributed by atoms with E-state index in [-0.39, 0.29) is 11.6 Å². The largest absolute Gasteiger partial charge is 0.477 e. The Bertz CT molecular complexity index is 1500. The minimum Gasteiger partial charge on any atom is -0.477 e. The molecule has 0 saturated carbocycles. The number of halogens is 1. The topological polar surface area (TPSA) is 43.7 Å².